The van der Waals surface area contributed by atoms with Crippen molar-refractivity contribution < 1.29 is 0 Å². The number of hydrogen-bond donors (Lipinski definition) is 1. The van der Waals surface area contributed by atoms with Crippen molar-refractivity contribution in [1.29, 1.82) is 0 Å². The van der Waals surface area contributed by atoms with Crippen molar-refractivity contribution in [2.24, 2.45) is 11.3 Å². The highest BCUT2D eigenvalue weighted by Crippen LogP contribution is 2.40. The molecule has 2 fully saturated rings. The van der Waals surface area contributed by atoms with E-state index in [4.69, 9.17) is 0 Å². The maximum Gasteiger partial charge on any atom is 0.00723 e. The summed E-state index contributed by atoms with van der Waals surface area (Å²) in [4.78, 5) is 0. The molecule has 0 aliphatic heterocycles. The molecule has 0 radical (unpaired) electrons. The van der Waals surface area contributed by atoms with Crippen molar-refractivity contribution in [1.82, 2.24) is 5.32 Å². The molecule has 0 aromatic rings. The predicted octanol–water partition coefficient (Wildman–Crippen LogP) is 2.56. The van der Waals surface area contributed by atoms with Crippen LogP contribution in [0.3, 0.4) is 0 Å². The molecule has 0 amide bonds. The Hall–Kier alpha value is -0.0400. The van der Waals surface area contributed by atoms with Gasteiger partial charge in [-0.3, -0.25) is 0 Å². The highest BCUT2D eigenvalue weighted by atomic mass is 14.9. The molecule has 1 nitrogen and oxygen atoms in total. The van der Waals surface area contributed by atoms with Crippen LogP contribution in [0.4, 0.5) is 0 Å². The van der Waals surface area contributed by atoms with Crippen LogP contribution in [0.2, 0.25) is 0 Å². The van der Waals surface area contributed by atoms with Gasteiger partial charge in [-0.05, 0) is 37.0 Å². The Morgan fingerprint density at radius 2 is 2.00 bits per heavy atom. The van der Waals surface area contributed by atoms with Gasteiger partial charge in [-0.2, -0.15) is 0 Å². The van der Waals surface area contributed by atoms with Gasteiger partial charge in [0.2, 0.25) is 0 Å². The van der Waals surface area contributed by atoms with Crippen LogP contribution in [0.5, 0.6) is 0 Å². The average Bonchev–Trinajstić information content (AvgIpc) is 1.92. The van der Waals surface area contributed by atoms with Gasteiger partial charge in [0.25, 0.3) is 0 Å². The Morgan fingerprint density at radius 1 is 1.33 bits per heavy atom. The summed E-state index contributed by atoms with van der Waals surface area (Å²) in [5, 5.41) is 3.69. The number of rotatable bonds is 3. The van der Waals surface area contributed by atoms with E-state index in [1.807, 2.05) is 0 Å². The first kappa shape index (κ1) is 8.55. The summed E-state index contributed by atoms with van der Waals surface area (Å²) < 4.78 is 0. The summed E-state index contributed by atoms with van der Waals surface area (Å²) in [6.45, 7) is 6.04. The van der Waals surface area contributed by atoms with Crippen LogP contribution < -0.4 is 5.32 Å². The minimum absolute atomic E-state index is 0.666. The van der Waals surface area contributed by atoms with Crippen molar-refractivity contribution in [3.63, 3.8) is 0 Å². The van der Waals surface area contributed by atoms with Gasteiger partial charge in [-0.1, -0.05) is 20.3 Å². The standard InChI is InChI=1S/C11H21N/c1-9-6-10(7-9)12-8-11(2)4-3-5-11/h9-10,12H,3-8H2,1-2H3. The lowest BCUT2D eigenvalue weighted by Gasteiger charge is -2.42. The fourth-order valence-corrected chi connectivity index (χ4v) is 2.42. The first-order valence-electron chi connectivity index (χ1n) is 5.41. The summed E-state index contributed by atoms with van der Waals surface area (Å²) >= 11 is 0. The Balaban J connectivity index is 1.62. The minimum Gasteiger partial charge on any atom is -0.313 e. The van der Waals surface area contributed by atoms with Crippen LogP contribution in [0, 0.1) is 11.3 Å². The first-order chi connectivity index (χ1) is 5.68. The molecule has 0 heterocycles. The van der Waals surface area contributed by atoms with E-state index in [0.29, 0.717) is 5.41 Å². The summed E-state index contributed by atoms with van der Waals surface area (Å²) in [6, 6.07) is 0.859. The molecule has 1 N–H and O–H groups in total. The predicted molar refractivity (Wildman–Crippen MR) is 52.1 cm³/mol. The van der Waals surface area contributed by atoms with E-state index in [9.17, 15) is 0 Å². The van der Waals surface area contributed by atoms with E-state index in [2.05, 4.69) is 19.2 Å². The normalized spacial score (nSPS) is 38.5. The monoisotopic (exact) mass is 167 g/mol. The van der Waals surface area contributed by atoms with Gasteiger partial charge >= 0.3 is 0 Å². The van der Waals surface area contributed by atoms with Crippen molar-refractivity contribution in [3.8, 4) is 0 Å². The minimum atomic E-state index is 0.666. The largest absolute Gasteiger partial charge is 0.313 e. The Kier molecular flexibility index (Phi) is 2.16. The van der Waals surface area contributed by atoms with Crippen LogP contribution in [-0.4, -0.2) is 12.6 Å². The zero-order valence-electron chi connectivity index (χ0n) is 8.40. The SMILES string of the molecule is CC1CC(NCC2(C)CCC2)C1. The van der Waals surface area contributed by atoms with Gasteiger partial charge in [-0.15, -0.1) is 0 Å². The molecule has 0 saturated heterocycles. The zero-order chi connectivity index (χ0) is 8.60. The van der Waals surface area contributed by atoms with Gasteiger partial charge in [0.05, 0.1) is 0 Å². The van der Waals surface area contributed by atoms with E-state index < -0.39 is 0 Å². The van der Waals surface area contributed by atoms with E-state index >= 15 is 0 Å². The van der Waals surface area contributed by atoms with Crippen LogP contribution >= 0.6 is 0 Å². The fraction of sp³-hybridized carbons (Fsp3) is 1.00. The van der Waals surface area contributed by atoms with Gasteiger partial charge in [0, 0.05) is 12.6 Å². The van der Waals surface area contributed by atoms with Crippen molar-refractivity contribution in [2.75, 3.05) is 6.54 Å². The topological polar surface area (TPSA) is 12.0 Å². The van der Waals surface area contributed by atoms with Gasteiger partial charge in [-0.25, -0.2) is 0 Å². The molecular formula is C11H21N. The van der Waals surface area contributed by atoms with Crippen LogP contribution in [0.15, 0.2) is 0 Å². The molecule has 1 heteroatoms. The average molecular weight is 167 g/mol. The Labute approximate surface area is 75.9 Å². The molecule has 0 bridgehead atoms. The summed E-state index contributed by atoms with van der Waals surface area (Å²) in [6.07, 6.45) is 7.18. The van der Waals surface area contributed by atoms with Crippen LogP contribution in [-0.2, 0) is 0 Å². The van der Waals surface area contributed by atoms with E-state index in [1.165, 1.54) is 38.6 Å². The molecule has 2 aliphatic rings. The van der Waals surface area contributed by atoms with Crippen molar-refractivity contribution in [2.45, 2.75) is 52.0 Å². The second-order valence-corrected chi connectivity index (χ2v) is 5.32. The molecule has 2 saturated carbocycles. The molecule has 2 aliphatic carbocycles. The van der Waals surface area contributed by atoms with Gasteiger partial charge < -0.3 is 5.32 Å². The van der Waals surface area contributed by atoms with Gasteiger partial charge in [0.15, 0.2) is 0 Å². The quantitative estimate of drug-likeness (QED) is 0.681. The lowest BCUT2D eigenvalue weighted by atomic mass is 9.70. The number of nitrogens with one attached hydrogen (secondary N) is 1. The fourth-order valence-electron chi connectivity index (χ4n) is 2.42. The van der Waals surface area contributed by atoms with Crippen molar-refractivity contribution >= 4 is 0 Å². The van der Waals surface area contributed by atoms with Crippen LogP contribution in [0.1, 0.15) is 46.0 Å². The molecule has 12 heavy (non-hydrogen) atoms. The second kappa shape index (κ2) is 3.02. The Morgan fingerprint density at radius 3 is 2.42 bits per heavy atom. The first-order valence-corrected chi connectivity index (χ1v) is 5.41. The smallest absolute Gasteiger partial charge is 0.00723 e. The maximum atomic E-state index is 3.69. The molecule has 0 atom stereocenters. The van der Waals surface area contributed by atoms with E-state index in [-0.39, 0.29) is 0 Å². The second-order valence-electron chi connectivity index (χ2n) is 5.32. The molecule has 0 aromatic carbocycles. The molecule has 0 unspecified atom stereocenters. The summed E-state index contributed by atoms with van der Waals surface area (Å²) in [7, 11) is 0. The summed E-state index contributed by atoms with van der Waals surface area (Å²) in [5.74, 6) is 0.983. The van der Waals surface area contributed by atoms with E-state index in [0.717, 1.165) is 12.0 Å². The Bertz CT molecular complexity index is 154. The number of hydrogen-bond acceptors (Lipinski definition) is 1. The lowest BCUT2D eigenvalue weighted by molar-refractivity contribution is 0.130. The third-order valence-corrected chi connectivity index (χ3v) is 3.75. The third kappa shape index (κ3) is 1.66. The third-order valence-electron chi connectivity index (χ3n) is 3.75. The van der Waals surface area contributed by atoms with Crippen LogP contribution in [0.25, 0.3) is 0 Å². The lowest BCUT2D eigenvalue weighted by Crippen LogP contribution is -2.46. The van der Waals surface area contributed by atoms with Gasteiger partial charge in [0.1, 0.15) is 0 Å². The molecule has 70 valence electrons. The highest BCUT2D eigenvalue weighted by molar-refractivity contribution is 4.89. The molecule has 0 aromatic heterocycles. The molecular weight excluding hydrogens is 146 g/mol. The summed E-state index contributed by atoms with van der Waals surface area (Å²) in [5.41, 5.74) is 0.666. The molecule has 0 spiro atoms. The molecule has 2 rings (SSSR count). The van der Waals surface area contributed by atoms with E-state index in [1.54, 1.807) is 0 Å². The maximum absolute atomic E-state index is 3.69. The highest BCUT2D eigenvalue weighted by Gasteiger charge is 2.33. The van der Waals surface area contributed by atoms with Crippen molar-refractivity contribution in [3.05, 3.63) is 0 Å². The zero-order valence-corrected chi connectivity index (χ0v) is 8.40.